The predicted octanol–water partition coefficient (Wildman–Crippen LogP) is 3.36. The second-order valence-electron chi connectivity index (χ2n) is 6.87. The Bertz CT molecular complexity index is 535. The molecule has 2 heterocycles. The third-order valence-electron chi connectivity index (χ3n) is 5.12. The molecule has 3 rings (SSSR count). The SMILES string of the molecule is Cc1ccc(C=CC[C@@H]2[C@@H](CO)[C@H](OC3CCCCO3)C[C@@H]2O)s1. The maximum atomic E-state index is 10.4. The summed E-state index contributed by atoms with van der Waals surface area (Å²) in [6.07, 6.45) is 7.97. The summed E-state index contributed by atoms with van der Waals surface area (Å²) >= 11 is 1.76. The summed E-state index contributed by atoms with van der Waals surface area (Å²) in [4.78, 5) is 2.52. The monoisotopic (exact) mass is 352 g/mol. The molecule has 1 aromatic rings. The minimum Gasteiger partial charge on any atom is -0.396 e. The molecule has 0 amide bonds. The van der Waals surface area contributed by atoms with E-state index in [1.807, 2.05) is 0 Å². The largest absolute Gasteiger partial charge is 0.396 e. The summed E-state index contributed by atoms with van der Waals surface area (Å²) in [5, 5.41) is 20.2. The number of aliphatic hydroxyl groups is 2. The fraction of sp³-hybridized carbons (Fsp3) is 0.684. The van der Waals surface area contributed by atoms with Gasteiger partial charge in [0.05, 0.1) is 12.2 Å². The first-order valence-electron chi connectivity index (χ1n) is 8.96. The van der Waals surface area contributed by atoms with Crippen molar-refractivity contribution in [3.8, 4) is 0 Å². The molecule has 0 aromatic carbocycles. The fourth-order valence-corrected chi connectivity index (χ4v) is 4.60. The van der Waals surface area contributed by atoms with Gasteiger partial charge in [-0.15, -0.1) is 11.3 Å². The zero-order valence-electron chi connectivity index (χ0n) is 14.3. The highest BCUT2D eigenvalue weighted by molar-refractivity contribution is 7.12. The molecule has 1 saturated heterocycles. The van der Waals surface area contributed by atoms with Crippen molar-refractivity contribution in [2.45, 2.75) is 57.5 Å². The summed E-state index contributed by atoms with van der Waals surface area (Å²) in [5.41, 5.74) is 0. The van der Waals surface area contributed by atoms with Crippen LogP contribution in [0.1, 0.15) is 41.9 Å². The summed E-state index contributed by atoms with van der Waals surface area (Å²) in [7, 11) is 0. The van der Waals surface area contributed by atoms with Crippen LogP contribution in [0.3, 0.4) is 0 Å². The number of allylic oxidation sites excluding steroid dienone is 1. The van der Waals surface area contributed by atoms with E-state index in [4.69, 9.17) is 9.47 Å². The molecule has 24 heavy (non-hydrogen) atoms. The second kappa shape index (κ2) is 8.59. The van der Waals surface area contributed by atoms with E-state index in [0.29, 0.717) is 6.42 Å². The highest BCUT2D eigenvalue weighted by Gasteiger charge is 2.43. The Morgan fingerprint density at radius 3 is 2.88 bits per heavy atom. The standard InChI is InChI=1S/C19H28O4S/c1-13-8-9-14(24-13)5-4-6-15-16(12-20)18(11-17(15)21)23-19-7-2-3-10-22-19/h4-5,8-9,15-21H,2-3,6-7,10-12H2,1H3/t15-,16-,17+,18-,19?/m1/s1. The van der Waals surface area contributed by atoms with Crippen molar-refractivity contribution < 1.29 is 19.7 Å². The van der Waals surface area contributed by atoms with Crippen LogP contribution in [0.2, 0.25) is 0 Å². The maximum Gasteiger partial charge on any atom is 0.157 e. The Balaban J connectivity index is 1.57. The van der Waals surface area contributed by atoms with E-state index in [9.17, 15) is 10.2 Å². The summed E-state index contributed by atoms with van der Waals surface area (Å²) in [6.45, 7) is 2.89. The first kappa shape index (κ1) is 18.1. The van der Waals surface area contributed by atoms with Crippen molar-refractivity contribution in [3.05, 3.63) is 28.0 Å². The average Bonchev–Trinajstić information content (AvgIpc) is 3.12. The Morgan fingerprint density at radius 2 is 2.21 bits per heavy atom. The topological polar surface area (TPSA) is 58.9 Å². The molecule has 0 spiro atoms. The van der Waals surface area contributed by atoms with Gasteiger partial charge in [-0.2, -0.15) is 0 Å². The van der Waals surface area contributed by atoms with E-state index >= 15 is 0 Å². The van der Waals surface area contributed by atoms with Gasteiger partial charge in [0.2, 0.25) is 0 Å². The Kier molecular flexibility index (Phi) is 6.47. The number of aliphatic hydroxyl groups excluding tert-OH is 2. The molecule has 2 fully saturated rings. The van der Waals surface area contributed by atoms with Crippen LogP contribution in [0.5, 0.6) is 0 Å². The van der Waals surface area contributed by atoms with E-state index < -0.39 is 6.10 Å². The van der Waals surface area contributed by atoms with Crippen LogP contribution in [0, 0.1) is 18.8 Å². The molecule has 2 aliphatic rings. The van der Waals surface area contributed by atoms with Crippen LogP contribution in [0.25, 0.3) is 6.08 Å². The normalized spacial score (nSPS) is 34.2. The minimum absolute atomic E-state index is 0.0275. The van der Waals surface area contributed by atoms with E-state index in [1.54, 1.807) is 11.3 Å². The first-order valence-corrected chi connectivity index (χ1v) is 9.78. The molecule has 134 valence electrons. The third kappa shape index (κ3) is 4.46. The van der Waals surface area contributed by atoms with Gasteiger partial charge in [0.15, 0.2) is 6.29 Å². The van der Waals surface area contributed by atoms with Crippen molar-refractivity contribution in [3.63, 3.8) is 0 Å². The molecular formula is C19H28O4S. The van der Waals surface area contributed by atoms with Gasteiger partial charge < -0.3 is 19.7 Å². The van der Waals surface area contributed by atoms with Gasteiger partial charge in [0.25, 0.3) is 0 Å². The smallest absolute Gasteiger partial charge is 0.157 e. The van der Waals surface area contributed by atoms with Crippen molar-refractivity contribution >= 4 is 17.4 Å². The molecule has 1 aliphatic heterocycles. The lowest BCUT2D eigenvalue weighted by atomic mass is 9.91. The molecule has 5 atom stereocenters. The number of thiophene rings is 1. The van der Waals surface area contributed by atoms with Crippen molar-refractivity contribution in [2.24, 2.45) is 11.8 Å². The van der Waals surface area contributed by atoms with E-state index in [-0.39, 0.29) is 30.8 Å². The van der Waals surface area contributed by atoms with Crippen LogP contribution >= 0.6 is 11.3 Å². The van der Waals surface area contributed by atoms with E-state index in [1.165, 1.54) is 9.75 Å². The Morgan fingerprint density at radius 1 is 1.33 bits per heavy atom. The number of aryl methyl sites for hydroxylation is 1. The number of hydrogen-bond donors (Lipinski definition) is 2. The van der Waals surface area contributed by atoms with Crippen LogP contribution in [-0.4, -0.2) is 41.9 Å². The third-order valence-corrected chi connectivity index (χ3v) is 6.09. The van der Waals surface area contributed by atoms with Crippen LogP contribution in [0.4, 0.5) is 0 Å². The van der Waals surface area contributed by atoms with Gasteiger partial charge in [-0.05, 0) is 56.7 Å². The maximum absolute atomic E-state index is 10.4. The molecule has 1 saturated carbocycles. The number of ether oxygens (including phenoxy) is 2. The molecule has 1 aliphatic carbocycles. The van der Waals surface area contributed by atoms with Crippen molar-refractivity contribution in [2.75, 3.05) is 13.2 Å². The van der Waals surface area contributed by atoms with Gasteiger partial charge in [-0.3, -0.25) is 0 Å². The molecule has 5 heteroatoms. The van der Waals surface area contributed by atoms with Gasteiger partial charge in [-0.1, -0.05) is 6.08 Å². The molecule has 2 N–H and O–H groups in total. The van der Waals surface area contributed by atoms with Crippen molar-refractivity contribution in [1.29, 1.82) is 0 Å². The number of rotatable bonds is 6. The molecule has 1 unspecified atom stereocenters. The average molecular weight is 352 g/mol. The highest BCUT2D eigenvalue weighted by atomic mass is 32.1. The lowest BCUT2D eigenvalue weighted by molar-refractivity contribution is -0.198. The minimum atomic E-state index is -0.425. The molecule has 0 bridgehead atoms. The summed E-state index contributed by atoms with van der Waals surface area (Å²) in [6, 6.07) is 4.22. The van der Waals surface area contributed by atoms with Crippen LogP contribution in [0.15, 0.2) is 18.2 Å². The lowest BCUT2D eigenvalue weighted by Crippen LogP contribution is -2.32. The van der Waals surface area contributed by atoms with Crippen molar-refractivity contribution in [1.82, 2.24) is 0 Å². The van der Waals surface area contributed by atoms with Crippen LogP contribution < -0.4 is 0 Å². The zero-order valence-corrected chi connectivity index (χ0v) is 15.1. The fourth-order valence-electron chi connectivity index (χ4n) is 3.79. The summed E-state index contributed by atoms with van der Waals surface area (Å²) in [5.74, 6) is 0.0150. The number of hydrogen-bond acceptors (Lipinski definition) is 5. The second-order valence-corrected chi connectivity index (χ2v) is 8.19. The van der Waals surface area contributed by atoms with E-state index in [2.05, 4.69) is 31.2 Å². The van der Waals surface area contributed by atoms with E-state index in [0.717, 1.165) is 32.3 Å². The lowest BCUT2D eigenvalue weighted by Gasteiger charge is -2.29. The highest BCUT2D eigenvalue weighted by Crippen LogP contribution is 2.38. The molecule has 0 radical (unpaired) electrons. The van der Waals surface area contributed by atoms with Crippen LogP contribution in [-0.2, 0) is 9.47 Å². The molecule has 4 nitrogen and oxygen atoms in total. The first-order chi connectivity index (χ1) is 11.7. The zero-order chi connectivity index (χ0) is 16.9. The summed E-state index contributed by atoms with van der Waals surface area (Å²) < 4.78 is 11.7. The predicted molar refractivity (Wildman–Crippen MR) is 95.9 cm³/mol. The van der Waals surface area contributed by atoms with Gasteiger partial charge in [-0.25, -0.2) is 0 Å². The Hall–Kier alpha value is -0.720. The molecular weight excluding hydrogens is 324 g/mol. The van der Waals surface area contributed by atoms with Gasteiger partial charge in [0, 0.05) is 35.3 Å². The van der Waals surface area contributed by atoms with Gasteiger partial charge in [0.1, 0.15) is 0 Å². The molecule has 1 aromatic heterocycles. The Labute approximate surface area is 148 Å². The van der Waals surface area contributed by atoms with Gasteiger partial charge >= 0.3 is 0 Å². The quantitative estimate of drug-likeness (QED) is 0.824.